The van der Waals surface area contributed by atoms with E-state index in [1.54, 1.807) is 0 Å². The highest BCUT2D eigenvalue weighted by Crippen LogP contribution is 2.24. The van der Waals surface area contributed by atoms with E-state index in [1.807, 2.05) is 0 Å². The van der Waals surface area contributed by atoms with Crippen LogP contribution in [0.3, 0.4) is 0 Å². The van der Waals surface area contributed by atoms with Crippen molar-refractivity contribution in [2.45, 2.75) is 26.2 Å². The minimum atomic E-state index is 0.805. The second-order valence-electron chi connectivity index (χ2n) is 3.04. The van der Waals surface area contributed by atoms with Gasteiger partial charge in [0, 0.05) is 13.1 Å². The summed E-state index contributed by atoms with van der Waals surface area (Å²) in [6.45, 7) is 4.03. The lowest BCUT2D eigenvalue weighted by molar-refractivity contribution is 0.315. The quantitative estimate of drug-likeness (QED) is 0.627. The Morgan fingerprint density at radius 2 is 2.18 bits per heavy atom. The molecule has 0 unspecified atom stereocenters. The predicted octanol–water partition coefficient (Wildman–Crippen LogP) is 1.27. The summed E-state index contributed by atoms with van der Waals surface area (Å²) in [4.78, 5) is 0. The van der Waals surface area contributed by atoms with E-state index in [0.29, 0.717) is 0 Å². The van der Waals surface area contributed by atoms with Gasteiger partial charge in [-0.15, -0.1) is 0 Å². The molecule has 0 bridgehead atoms. The predicted molar refractivity (Wildman–Crippen MR) is 51.6 cm³/mol. The third-order valence-corrected chi connectivity index (χ3v) is 2.40. The molecule has 1 aliphatic rings. The molecule has 64 valence electrons. The monoisotopic (exact) mass is 172 g/mol. The third kappa shape index (κ3) is 3.06. The maximum atomic E-state index is 5.02. The first kappa shape index (κ1) is 8.78. The summed E-state index contributed by atoms with van der Waals surface area (Å²) in [5.41, 5.74) is 0. The van der Waals surface area contributed by atoms with Crippen molar-refractivity contribution in [2.75, 3.05) is 13.1 Å². The van der Waals surface area contributed by atoms with Crippen molar-refractivity contribution in [3.63, 3.8) is 0 Å². The molecule has 0 heterocycles. The van der Waals surface area contributed by atoms with E-state index < -0.39 is 0 Å². The summed E-state index contributed by atoms with van der Waals surface area (Å²) < 4.78 is 0. The highest BCUT2D eigenvalue weighted by molar-refractivity contribution is 7.80. The van der Waals surface area contributed by atoms with Crippen LogP contribution in [0.15, 0.2) is 0 Å². The fourth-order valence-corrected chi connectivity index (χ4v) is 1.38. The van der Waals surface area contributed by atoms with Gasteiger partial charge < -0.3 is 10.6 Å². The highest BCUT2D eigenvalue weighted by Gasteiger charge is 2.16. The van der Waals surface area contributed by atoms with E-state index in [0.717, 1.165) is 24.1 Å². The molecule has 1 saturated carbocycles. The zero-order valence-electron chi connectivity index (χ0n) is 7.02. The number of hydrogen-bond acceptors (Lipinski definition) is 1. The Morgan fingerprint density at radius 3 is 2.64 bits per heavy atom. The average Bonchev–Trinajstić information content (AvgIpc) is 1.85. The smallest absolute Gasteiger partial charge is 0.166 e. The van der Waals surface area contributed by atoms with Crippen LogP contribution < -0.4 is 10.6 Å². The van der Waals surface area contributed by atoms with Crippen LogP contribution in [-0.4, -0.2) is 18.2 Å². The Bertz CT molecular complexity index is 132. The van der Waals surface area contributed by atoms with Crippen LogP contribution >= 0.6 is 12.2 Å². The molecule has 1 fully saturated rings. The molecule has 0 amide bonds. The Balaban J connectivity index is 1.96. The zero-order valence-corrected chi connectivity index (χ0v) is 7.84. The SMILES string of the molecule is CCNC(=S)NCC1CCC1. The fourth-order valence-electron chi connectivity index (χ4n) is 1.16. The normalized spacial score (nSPS) is 17.2. The molecular formula is C8H16N2S. The van der Waals surface area contributed by atoms with Crippen molar-refractivity contribution >= 4 is 17.3 Å². The van der Waals surface area contributed by atoms with E-state index in [9.17, 15) is 0 Å². The Hall–Kier alpha value is -0.310. The van der Waals surface area contributed by atoms with Crippen LogP contribution in [0.5, 0.6) is 0 Å². The summed E-state index contributed by atoms with van der Waals surface area (Å²) >= 11 is 5.02. The van der Waals surface area contributed by atoms with Crippen LogP contribution in [0, 0.1) is 5.92 Å². The van der Waals surface area contributed by atoms with Gasteiger partial charge in [0.05, 0.1) is 0 Å². The van der Waals surface area contributed by atoms with Crippen LogP contribution in [0.2, 0.25) is 0 Å². The minimum absolute atomic E-state index is 0.805. The number of hydrogen-bond donors (Lipinski definition) is 2. The lowest BCUT2D eigenvalue weighted by Gasteiger charge is -2.25. The second-order valence-corrected chi connectivity index (χ2v) is 3.45. The zero-order chi connectivity index (χ0) is 8.10. The van der Waals surface area contributed by atoms with Gasteiger partial charge in [0.15, 0.2) is 5.11 Å². The Kier molecular flexibility index (Phi) is 3.63. The molecule has 0 spiro atoms. The van der Waals surface area contributed by atoms with E-state index in [1.165, 1.54) is 19.3 Å². The van der Waals surface area contributed by atoms with Gasteiger partial charge in [0.1, 0.15) is 0 Å². The maximum absolute atomic E-state index is 5.02. The third-order valence-electron chi connectivity index (χ3n) is 2.11. The first-order chi connectivity index (χ1) is 5.33. The van der Waals surface area contributed by atoms with Gasteiger partial charge in [-0.2, -0.15) is 0 Å². The number of nitrogens with one attached hydrogen (secondary N) is 2. The van der Waals surface area contributed by atoms with Gasteiger partial charge in [-0.3, -0.25) is 0 Å². The second kappa shape index (κ2) is 4.54. The standard InChI is InChI=1S/C8H16N2S/c1-2-9-8(11)10-6-7-4-3-5-7/h7H,2-6H2,1H3,(H2,9,10,11). The molecule has 0 radical (unpaired) electrons. The average molecular weight is 172 g/mol. The molecule has 2 N–H and O–H groups in total. The molecule has 3 heteroatoms. The van der Waals surface area contributed by atoms with E-state index >= 15 is 0 Å². The van der Waals surface area contributed by atoms with Crippen LogP contribution in [0.4, 0.5) is 0 Å². The van der Waals surface area contributed by atoms with Crippen molar-refractivity contribution in [3.8, 4) is 0 Å². The fraction of sp³-hybridized carbons (Fsp3) is 0.875. The summed E-state index contributed by atoms with van der Waals surface area (Å²) in [6, 6.07) is 0. The van der Waals surface area contributed by atoms with Gasteiger partial charge >= 0.3 is 0 Å². The van der Waals surface area contributed by atoms with Crippen LogP contribution in [-0.2, 0) is 0 Å². The summed E-state index contributed by atoms with van der Waals surface area (Å²) in [5, 5.41) is 7.08. The minimum Gasteiger partial charge on any atom is -0.363 e. The summed E-state index contributed by atoms with van der Waals surface area (Å²) in [6.07, 6.45) is 4.16. The molecule has 1 aliphatic carbocycles. The molecule has 0 atom stereocenters. The van der Waals surface area contributed by atoms with E-state index in [2.05, 4.69) is 17.6 Å². The van der Waals surface area contributed by atoms with E-state index in [-0.39, 0.29) is 0 Å². The highest BCUT2D eigenvalue weighted by atomic mass is 32.1. The van der Waals surface area contributed by atoms with Gasteiger partial charge in [-0.1, -0.05) is 6.42 Å². The van der Waals surface area contributed by atoms with E-state index in [4.69, 9.17) is 12.2 Å². The van der Waals surface area contributed by atoms with Crippen LogP contribution in [0.25, 0.3) is 0 Å². The Labute approximate surface area is 73.7 Å². The van der Waals surface area contributed by atoms with Crippen molar-refractivity contribution < 1.29 is 0 Å². The lowest BCUT2D eigenvalue weighted by Crippen LogP contribution is -2.39. The van der Waals surface area contributed by atoms with Gasteiger partial charge in [0.2, 0.25) is 0 Å². The molecule has 11 heavy (non-hydrogen) atoms. The molecule has 0 aromatic rings. The molecule has 0 saturated heterocycles. The lowest BCUT2D eigenvalue weighted by atomic mass is 9.85. The van der Waals surface area contributed by atoms with Crippen molar-refractivity contribution in [1.82, 2.24) is 10.6 Å². The molecule has 0 aromatic carbocycles. The first-order valence-corrected chi connectivity index (χ1v) is 4.75. The topological polar surface area (TPSA) is 24.1 Å². The van der Waals surface area contributed by atoms with Crippen molar-refractivity contribution in [1.29, 1.82) is 0 Å². The molecule has 1 rings (SSSR count). The Morgan fingerprint density at radius 1 is 1.45 bits per heavy atom. The largest absolute Gasteiger partial charge is 0.363 e. The molecule has 0 aliphatic heterocycles. The summed E-state index contributed by atoms with van der Waals surface area (Å²) in [7, 11) is 0. The number of rotatable bonds is 3. The number of thiocarbonyl (C=S) groups is 1. The van der Waals surface area contributed by atoms with Gasteiger partial charge in [-0.05, 0) is 37.9 Å². The molecule has 2 nitrogen and oxygen atoms in total. The van der Waals surface area contributed by atoms with Crippen LogP contribution in [0.1, 0.15) is 26.2 Å². The van der Waals surface area contributed by atoms with Crippen molar-refractivity contribution in [3.05, 3.63) is 0 Å². The first-order valence-electron chi connectivity index (χ1n) is 4.34. The summed E-state index contributed by atoms with van der Waals surface area (Å²) in [5.74, 6) is 0.881. The molecule has 0 aromatic heterocycles. The van der Waals surface area contributed by atoms with Gasteiger partial charge in [0.25, 0.3) is 0 Å². The molecular weight excluding hydrogens is 156 g/mol. The van der Waals surface area contributed by atoms with Crippen molar-refractivity contribution in [2.24, 2.45) is 5.92 Å². The maximum Gasteiger partial charge on any atom is 0.166 e. The van der Waals surface area contributed by atoms with Gasteiger partial charge in [-0.25, -0.2) is 0 Å².